The van der Waals surface area contributed by atoms with Crippen LogP contribution in [0.5, 0.6) is 0 Å². The molecular weight excluding hydrogens is 370 g/mol. The second-order valence-electron chi connectivity index (χ2n) is 7.39. The maximum atomic E-state index is 12.8. The normalized spacial score (nSPS) is 17.2. The quantitative estimate of drug-likeness (QED) is 0.701. The molecule has 1 aromatic heterocycles. The van der Waals surface area contributed by atoms with Crippen molar-refractivity contribution in [2.45, 2.75) is 13.0 Å². The highest BCUT2D eigenvalue weighted by Gasteiger charge is 2.28. The summed E-state index contributed by atoms with van der Waals surface area (Å²) in [7, 11) is 0. The molecule has 29 heavy (non-hydrogen) atoms. The van der Waals surface area contributed by atoms with Crippen molar-refractivity contribution < 1.29 is 14.3 Å². The fraction of sp³-hybridized carbons (Fsp3) is 0.476. The number of nitrogens with one attached hydrogen (secondary N) is 1. The topological polar surface area (TPSA) is 79.7 Å². The van der Waals surface area contributed by atoms with Gasteiger partial charge in [-0.3, -0.25) is 19.2 Å². The van der Waals surface area contributed by atoms with Crippen LogP contribution in [-0.2, 0) is 16.1 Å². The molecule has 3 heterocycles. The van der Waals surface area contributed by atoms with E-state index in [1.54, 1.807) is 9.58 Å². The second kappa shape index (κ2) is 9.19. The van der Waals surface area contributed by atoms with E-state index in [9.17, 15) is 9.59 Å². The van der Waals surface area contributed by atoms with E-state index in [1.165, 1.54) is 0 Å². The van der Waals surface area contributed by atoms with Gasteiger partial charge in [0.25, 0.3) is 5.91 Å². The summed E-state index contributed by atoms with van der Waals surface area (Å²) in [4.78, 5) is 29.0. The van der Waals surface area contributed by atoms with E-state index in [0.717, 1.165) is 50.5 Å². The number of ether oxygens (including phenoxy) is 1. The molecule has 0 unspecified atom stereocenters. The van der Waals surface area contributed by atoms with E-state index in [4.69, 9.17) is 4.74 Å². The Morgan fingerprint density at radius 3 is 2.69 bits per heavy atom. The fourth-order valence-corrected chi connectivity index (χ4v) is 3.72. The van der Waals surface area contributed by atoms with Crippen LogP contribution in [0.4, 0.5) is 0 Å². The Hall–Kier alpha value is -2.71. The van der Waals surface area contributed by atoms with E-state index in [2.05, 4.69) is 15.3 Å². The van der Waals surface area contributed by atoms with Crippen LogP contribution >= 0.6 is 0 Å². The van der Waals surface area contributed by atoms with Crippen molar-refractivity contribution in [2.75, 3.05) is 52.5 Å². The van der Waals surface area contributed by atoms with Crippen molar-refractivity contribution in [3.8, 4) is 11.3 Å². The number of carbonyl (C=O) groups is 2. The minimum absolute atomic E-state index is 0.0856. The Balaban J connectivity index is 1.26. The Morgan fingerprint density at radius 1 is 1.10 bits per heavy atom. The average molecular weight is 397 g/mol. The molecule has 0 aliphatic carbocycles. The molecule has 1 N–H and O–H groups in total. The summed E-state index contributed by atoms with van der Waals surface area (Å²) in [6.45, 7) is 6.22. The van der Waals surface area contributed by atoms with Crippen molar-refractivity contribution in [2.24, 2.45) is 0 Å². The molecule has 0 spiro atoms. The van der Waals surface area contributed by atoms with Gasteiger partial charge in [0.15, 0.2) is 0 Å². The van der Waals surface area contributed by atoms with Crippen LogP contribution in [0.15, 0.2) is 36.4 Å². The second-order valence-corrected chi connectivity index (χ2v) is 7.39. The molecule has 0 radical (unpaired) electrons. The lowest BCUT2D eigenvalue weighted by atomic mass is 10.1. The standard InChI is InChI=1S/C21H27N5O3/c27-20(22-7-4-8-24-11-13-29-14-12-24)16-25-9-10-26-19(21(25)28)15-18(23-26)17-5-2-1-3-6-17/h1-3,5-6,15H,4,7-14,16H2,(H,22,27). The van der Waals surface area contributed by atoms with Crippen molar-refractivity contribution >= 4 is 11.8 Å². The van der Waals surface area contributed by atoms with E-state index in [1.807, 2.05) is 36.4 Å². The predicted octanol–water partition coefficient (Wildman–Crippen LogP) is 0.844. The molecule has 8 nitrogen and oxygen atoms in total. The zero-order valence-electron chi connectivity index (χ0n) is 16.5. The SMILES string of the molecule is O=C(CN1CCn2nc(-c3ccccc3)cc2C1=O)NCCCN1CCOCC1. The Bertz CT molecular complexity index is 845. The summed E-state index contributed by atoms with van der Waals surface area (Å²) in [5, 5.41) is 7.48. The summed E-state index contributed by atoms with van der Waals surface area (Å²) in [6.07, 6.45) is 0.896. The number of morpholine rings is 1. The van der Waals surface area contributed by atoms with Gasteiger partial charge in [0, 0.05) is 31.7 Å². The first-order valence-corrected chi connectivity index (χ1v) is 10.2. The van der Waals surface area contributed by atoms with E-state index in [-0.39, 0.29) is 18.4 Å². The Morgan fingerprint density at radius 2 is 1.90 bits per heavy atom. The van der Waals surface area contributed by atoms with Gasteiger partial charge < -0.3 is 15.0 Å². The molecular formula is C21H27N5O3. The van der Waals surface area contributed by atoms with Gasteiger partial charge in [0.2, 0.25) is 5.91 Å². The lowest BCUT2D eigenvalue weighted by Gasteiger charge is -2.27. The fourth-order valence-electron chi connectivity index (χ4n) is 3.72. The summed E-state index contributed by atoms with van der Waals surface area (Å²) in [5.74, 6) is -0.258. The molecule has 2 aromatic rings. The molecule has 0 saturated carbocycles. The van der Waals surface area contributed by atoms with Crippen LogP contribution in [-0.4, -0.2) is 83.9 Å². The number of carbonyl (C=O) groups excluding carboxylic acids is 2. The molecule has 8 heteroatoms. The first-order chi connectivity index (χ1) is 14.2. The van der Waals surface area contributed by atoms with Crippen molar-refractivity contribution in [1.29, 1.82) is 0 Å². The van der Waals surface area contributed by atoms with Crippen LogP contribution in [0.3, 0.4) is 0 Å². The van der Waals surface area contributed by atoms with Gasteiger partial charge in [-0.2, -0.15) is 5.10 Å². The van der Waals surface area contributed by atoms with Crippen molar-refractivity contribution in [1.82, 2.24) is 24.9 Å². The van der Waals surface area contributed by atoms with Crippen LogP contribution in [0.1, 0.15) is 16.9 Å². The lowest BCUT2D eigenvalue weighted by Crippen LogP contribution is -2.46. The molecule has 0 bridgehead atoms. The molecule has 1 saturated heterocycles. The summed E-state index contributed by atoms with van der Waals surface area (Å²) < 4.78 is 7.07. The van der Waals surface area contributed by atoms with Crippen LogP contribution in [0.25, 0.3) is 11.3 Å². The van der Waals surface area contributed by atoms with Gasteiger partial charge in [-0.25, -0.2) is 0 Å². The minimum atomic E-state index is -0.144. The predicted molar refractivity (Wildman–Crippen MR) is 108 cm³/mol. The van der Waals surface area contributed by atoms with Gasteiger partial charge in [0.1, 0.15) is 5.69 Å². The van der Waals surface area contributed by atoms with Gasteiger partial charge >= 0.3 is 0 Å². The number of amides is 2. The number of nitrogens with zero attached hydrogens (tertiary/aromatic N) is 4. The van der Waals surface area contributed by atoms with E-state index < -0.39 is 0 Å². The molecule has 1 aromatic carbocycles. The summed E-state index contributed by atoms with van der Waals surface area (Å²) in [6, 6.07) is 11.6. The molecule has 4 rings (SSSR count). The van der Waals surface area contributed by atoms with Gasteiger partial charge in [-0.1, -0.05) is 30.3 Å². The average Bonchev–Trinajstić information content (AvgIpc) is 3.20. The summed E-state index contributed by atoms with van der Waals surface area (Å²) >= 11 is 0. The highest BCUT2D eigenvalue weighted by atomic mass is 16.5. The molecule has 0 atom stereocenters. The third-order valence-corrected chi connectivity index (χ3v) is 5.35. The highest BCUT2D eigenvalue weighted by Crippen LogP contribution is 2.21. The molecule has 2 aliphatic heterocycles. The lowest BCUT2D eigenvalue weighted by molar-refractivity contribution is -0.121. The minimum Gasteiger partial charge on any atom is -0.379 e. The Kier molecular flexibility index (Phi) is 6.21. The number of rotatable bonds is 7. The zero-order chi connectivity index (χ0) is 20.1. The monoisotopic (exact) mass is 397 g/mol. The number of aromatic nitrogens is 2. The largest absolute Gasteiger partial charge is 0.379 e. The van der Waals surface area contributed by atoms with Gasteiger partial charge in [-0.15, -0.1) is 0 Å². The Labute approximate surface area is 170 Å². The smallest absolute Gasteiger partial charge is 0.272 e. The van der Waals surface area contributed by atoms with Crippen molar-refractivity contribution in [3.63, 3.8) is 0 Å². The molecule has 1 fully saturated rings. The molecule has 2 aliphatic rings. The van der Waals surface area contributed by atoms with Crippen molar-refractivity contribution in [3.05, 3.63) is 42.1 Å². The van der Waals surface area contributed by atoms with Gasteiger partial charge in [0.05, 0.1) is 32.0 Å². The third-order valence-electron chi connectivity index (χ3n) is 5.35. The number of fused-ring (bicyclic) bond motifs is 1. The molecule has 2 amide bonds. The number of hydrogen-bond donors (Lipinski definition) is 1. The first-order valence-electron chi connectivity index (χ1n) is 10.2. The highest BCUT2D eigenvalue weighted by molar-refractivity contribution is 5.96. The molecule has 154 valence electrons. The number of hydrogen-bond acceptors (Lipinski definition) is 5. The van der Waals surface area contributed by atoms with Crippen LogP contribution < -0.4 is 5.32 Å². The number of benzene rings is 1. The maximum Gasteiger partial charge on any atom is 0.272 e. The summed E-state index contributed by atoms with van der Waals surface area (Å²) in [5.41, 5.74) is 2.30. The van der Waals surface area contributed by atoms with Crippen LogP contribution in [0, 0.1) is 0 Å². The van der Waals surface area contributed by atoms with Gasteiger partial charge in [-0.05, 0) is 19.0 Å². The van der Waals surface area contributed by atoms with E-state index in [0.29, 0.717) is 25.3 Å². The van der Waals surface area contributed by atoms with Crippen LogP contribution in [0.2, 0.25) is 0 Å². The maximum absolute atomic E-state index is 12.8. The zero-order valence-corrected chi connectivity index (χ0v) is 16.5. The first kappa shape index (κ1) is 19.6. The van der Waals surface area contributed by atoms with E-state index >= 15 is 0 Å². The third kappa shape index (κ3) is 4.83.